The van der Waals surface area contributed by atoms with Crippen molar-refractivity contribution < 1.29 is 9.53 Å². The van der Waals surface area contributed by atoms with Crippen LogP contribution in [0.25, 0.3) is 5.69 Å². The van der Waals surface area contributed by atoms with Gasteiger partial charge in [-0.15, -0.1) is 0 Å². The Labute approximate surface area is 173 Å². The number of hydrogen-bond acceptors (Lipinski definition) is 4. The summed E-state index contributed by atoms with van der Waals surface area (Å²) in [6.45, 7) is 3.77. The lowest BCUT2D eigenvalue weighted by atomic mass is 10.0. The Morgan fingerprint density at radius 1 is 1.31 bits per heavy atom. The Hall–Kier alpha value is -2.64. The molecular weight excluding hydrogens is 390 g/mol. The van der Waals surface area contributed by atoms with Crippen molar-refractivity contribution in [2.24, 2.45) is 0 Å². The van der Waals surface area contributed by atoms with Crippen LogP contribution in [0.15, 0.2) is 30.7 Å². The van der Waals surface area contributed by atoms with Crippen LogP contribution in [0.4, 0.5) is 0 Å². The maximum Gasteiger partial charge on any atom is 0.272 e. The van der Waals surface area contributed by atoms with Gasteiger partial charge in [0, 0.05) is 12.1 Å². The van der Waals surface area contributed by atoms with Gasteiger partial charge in [0.25, 0.3) is 5.91 Å². The lowest BCUT2D eigenvalue weighted by Crippen LogP contribution is -2.35. The number of halogens is 1. The van der Waals surface area contributed by atoms with Crippen molar-refractivity contribution in [2.45, 2.75) is 45.4 Å². The number of hydrogen-bond donors (Lipinski definition) is 1. The van der Waals surface area contributed by atoms with Crippen molar-refractivity contribution in [1.82, 2.24) is 24.6 Å². The topological polar surface area (TPSA) is 74.0 Å². The van der Waals surface area contributed by atoms with Crippen LogP contribution in [0, 0.1) is 6.92 Å². The molecule has 0 radical (unpaired) electrons. The Balaban J connectivity index is 1.43. The molecule has 2 aromatic heterocycles. The van der Waals surface area contributed by atoms with Crippen LogP contribution < -0.4 is 5.32 Å². The number of rotatable bonds is 3. The van der Waals surface area contributed by atoms with E-state index < -0.39 is 0 Å². The molecule has 0 spiro atoms. The van der Waals surface area contributed by atoms with Gasteiger partial charge in [0.15, 0.2) is 0 Å². The van der Waals surface area contributed by atoms with Crippen LogP contribution in [0.5, 0.6) is 0 Å². The first-order valence-corrected chi connectivity index (χ1v) is 10.3. The first-order chi connectivity index (χ1) is 14.1. The van der Waals surface area contributed by atoms with E-state index >= 15 is 0 Å². The molecule has 2 aliphatic rings. The molecule has 1 aromatic carbocycles. The van der Waals surface area contributed by atoms with Crippen LogP contribution in [-0.4, -0.2) is 31.8 Å². The molecule has 0 saturated carbocycles. The molecule has 1 amide bonds. The number of ether oxygens (including phenoxy) is 1. The largest absolute Gasteiger partial charge is 0.373 e. The van der Waals surface area contributed by atoms with Gasteiger partial charge in [-0.2, -0.15) is 5.10 Å². The number of amides is 1. The first kappa shape index (κ1) is 18.4. The summed E-state index contributed by atoms with van der Waals surface area (Å²) in [5.41, 5.74) is 5.31. The first-order valence-electron chi connectivity index (χ1n) is 9.88. The van der Waals surface area contributed by atoms with Crippen LogP contribution in [0.2, 0.25) is 5.02 Å². The summed E-state index contributed by atoms with van der Waals surface area (Å²) in [6, 6.07) is 5.55. The molecule has 8 heteroatoms. The van der Waals surface area contributed by atoms with Crippen molar-refractivity contribution in [3.63, 3.8) is 0 Å². The van der Waals surface area contributed by atoms with Gasteiger partial charge in [-0.05, 0) is 43.9 Å². The summed E-state index contributed by atoms with van der Waals surface area (Å²) in [5, 5.41) is 8.26. The summed E-state index contributed by atoms with van der Waals surface area (Å²) in [7, 11) is 0. The van der Waals surface area contributed by atoms with Gasteiger partial charge in [-0.25, -0.2) is 9.67 Å². The molecule has 150 valence electrons. The van der Waals surface area contributed by atoms with Gasteiger partial charge in [0.2, 0.25) is 0 Å². The number of imidazole rings is 1. The summed E-state index contributed by atoms with van der Waals surface area (Å²) in [6.07, 6.45) is 6.67. The Morgan fingerprint density at radius 3 is 3.10 bits per heavy atom. The summed E-state index contributed by atoms with van der Waals surface area (Å²) in [4.78, 5) is 17.3. The average molecular weight is 412 g/mol. The fourth-order valence-electron chi connectivity index (χ4n) is 4.15. The van der Waals surface area contributed by atoms with Crippen molar-refractivity contribution in [3.05, 3.63) is 64.0 Å². The number of carbonyl (C=O) groups excluding carboxylic acids is 1. The van der Waals surface area contributed by atoms with Crippen molar-refractivity contribution in [1.29, 1.82) is 0 Å². The van der Waals surface area contributed by atoms with Gasteiger partial charge < -0.3 is 14.6 Å². The fraction of sp³-hybridized carbons (Fsp3) is 0.381. The zero-order valence-corrected chi connectivity index (χ0v) is 16.9. The molecule has 7 nitrogen and oxygen atoms in total. The molecule has 5 rings (SSSR count). The third-order valence-electron chi connectivity index (χ3n) is 5.66. The third kappa shape index (κ3) is 3.24. The van der Waals surface area contributed by atoms with Gasteiger partial charge in [-0.3, -0.25) is 4.79 Å². The molecule has 0 saturated heterocycles. The van der Waals surface area contributed by atoms with Gasteiger partial charge in [0.05, 0.1) is 53.9 Å². The Morgan fingerprint density at radius 2 is 2.21 bits per heavy atom. The number of nitrogens with one attached hydrogen (secondary N) is 1. The lowest BCUT2D eigenvalue weighted by Gasteiger charge is -2.25. The molecule has 0 unspecified atom stereocenters. The van der Waals surface area contributed by atoms with E-state index in [-0.39, 0.29) is 11.9 Å². The predicted octanol–water partition coefficient (Wildman–Crippen LogP) is 3.37. The highest BCUT2D eigenvalue weighted by Crippen LogP contribution is 2.30. The molecule has 1 atom stereocenters. The Kier molecular flexibility index (Phi) is 4.64. The smallest absolute Gasteiger partial charge is 0.272 e. The minimum absolute atomic E-state index is 0.163. The molecule has 2 aliphatic heterocycles. The van der Waals surface area contributed by atoms with Crippen molar-refractivity contribution in [3.8, 4) is 5.69 Å². The van der Waals surface area contributed by atoms with E-state index in [9.17, 15) is 4.79 Å². The van der Waals surface area contributed by atoms with E-state index in [0.29, 0.717) is 23.9 Å². The van der Waals surface area contributed by atoms with E-state index in [2.05, 4.69) is 20.0 Å². The number of aromatic nitrogens is 4. The zero-order chi connectivity index (χ0) is 20.0. The van der Waals surface area contributed by atoms with E-state index in [1.807, 2.05) is 29.8 Å². The van der Waals surface area contributed by atoms with Crippen molar-refractivity contribution in [2.75, 3.05) is 6.61 Å². The second kappa shape index (κ2) is 7.31. The lowest BCUT2D eigenvalue weighted by molar-refractivity contribution is 0.0684. The fourth-order valence-corrected chi connectivity index (χ4v) is 4.35. The van der Waals surface area contributed by atoms with Gasteiger partial charge >= 0.3 is 0 Å². The summed E-state index contributed by atoms with van der Waals surface area (Å²) in [5.74, 6) is -0.163. The third-order valence-corrected chi connectivity index (χ3v) is 5.98. The highest BCUT2D eigenvalue weighted by atomic mass is 35.5. The predicted molar refractivity (Wildman–Crippen MR) is 108 cm³/mol. The van der Waals surface area contributed by atoms with Crippen LogP contribution in [0.1, 0.15) is 51.9 Å². The molecule has 0 aliphatic carbocycles. The standard InChI is InChI=1S/C21H22ClN5O2/c1-13-5-6-15(22)18(8-13)27-19-11-29-10-16(14(19)9-24-27)25-21(28)20-17-4-2-3-7-26(17)12-23-20/h5-6,8-9,12,16H,2-4,7,10-11H2,1H3,(H,25,28)/t16-/m0/s1. The number of carbonyl (C=O) groups is 1. The molecule has 3 aromatic rings. The van der Waals surface area contributed by atoms with Crippen LogP contribution in [0.3, 0.4) is 0 Å². The minimum Gasteiger partial charge on any atom is -0.373 e. The molecule has 29 heavy (non-hydrogen) atoms. The second-order valence-corrected chi connectivity index (χ2v) is 8.05. The number of aryl methyl sites for hydroxylation is 2. The van der Waals surface area contributed by atoms with Gasteiger partial charge in [-0.1, -0.05) is 17.7 Å². The molecule has 1 N–H and O–H groups in total. The molecule has 4 heterocycles. The summed E-state index contributed by atoms with van der Waals surface area (Å²) < 4.78 is 9.68. The molecule has 0 fully saturated rings. The summed E-state index contributed by atoms with van der Waals surface area (Å²) >= 11 is 6.40. The normalized spacial score (nSPS) is 18.2. The maximum absolute atomic E-state index is 12.9. The van der Waals surface area contributed by atoms with E-state index in [1.54, 1.807) is 12.5 Å². The Bertz CT molecular complexity index is 1090. The highest BCUT2D eigenvalue weighted by molar-refractivity contribution is 6.32. The SMILES string of the molecule is Cc1ccc(Cl)c(-n2ncc3c2COC[C@@H]3NC(=O)c2ncn3c2CCCC3)c1. The molecular formula is C21H22ClN5O2. The average Bonchev–Trinajstić information content (AvgIpc) is 3.35. The van der Waals surface area contributed by atoms with Crippen LogP contribution >= 0.6 is 11.6 Å². The quantitative estimate of drug-likeness (QED) is 0.717. The highest BCUT2D eigenvalue weighted by Gasteiger charge is 2.29. The number of fused-ring (bicyclic) bond motifs is 2. The zero-order valence-electron chi connectivity index (χ0n) is 16.2. The van der Waals surface area contributed by atoms with E-state index in [1.165, 1.54) is 0 Å². The minimum atomic E-state index is -0.274. The number of nitrogens with zero attached hydrogens (tertiary/aromatic N) is 4. The van der Waals surface area contributed by atoms with E-state index in [0.717, 1.165) is 54.0 Å². The van der Waals surface area contributed by atoms with Crippen molar-refractivity contribution >= 4 is 17.5 Å². The van der Waals surface area contributed by atoms with Crippen LogP contribution in [-0.2, 0) is 24.3 Å². The van der Waals surface area contributed by atoms with Gasteiger partial charge in [0.1, 0.15) is 5.69 Å². The number of benzene rings is 1. The monoisotopic (exact) mass is 411 g/mol. The van der Waals surface area contributed by atoms with E-state index in [4.69, 9.17) is 16.3 Å². The second-order valence-electron chi connectivity index (χ2n) is 7.64. The maximum atomic E-state index is 12.9. The molecule has 0 bridgehead atoms.